The van der Waals surface area contributed by atoms with Gasteiger partial charge in [-0.15, -0.1) is 0 Å². The van der Waals surface area contributed by atoms with E-state index in [1.165, 1.54) is 6.21 Å². The van der Waals surface area contributed by atoms with Gasteiger partial charge in [0.25, 0.3) is 11.8 Å². The predicted octanol–water partition coefficient (Wildman–Crippen LogP) is 2.64. The first-order valence-corrected chi connectivity index (χ1v) is 9.57. The molecule has 1 aliphatic rings. The molecule has 0 bridgehead atoms. The van der Waals surface area contributed by atoms with Gasteiger partial charge >= 0.3 is 0 Å². The molecule has 2 amide bonds. The van der Waals surface area contributed by atoms with E-state index in [-0.39, 0.29) is 18.6 Å². The normalized spacial score (nSPS) is 13.4. The maximum Gasteiger partial charge on any atom is 0.262 e. The highest BCUT2D eigenvalue weighted by Crippen LogP contribution is 2.32. The summed E-state index contributed by atoms with van der Waals surface area (Å²) in [5, 5.41) is 6.77. The number of benzene rings is 2. The zero-order valence-electron chi connectivity index (χ0n) is 17.4. The second-order valence-electron chi connectivity index (χ2n) is 7.23. The Morgan fingerprint density at radius 2 is 1.90 bits per heavy atom. The molecule has 0 aliphatic carbocycles. The summed E-state index contributed by atoms with van der Waals surface area (Å²) < 4.78 is 15.8. The standard InChI is InChI=1S/C22H25N3O5/c1-13(2)20(24-21(26)16-7-8-17-19(10-16)30-12-29-17)22(27)25-23-11-15-6-5-14(3)18(9-15)28-4/h5-11,13,20H,12H2,1-4H3,(H,24,26)(H,25,27). The zero-order valence-corrected chi connectivity index (χ0v) is 17.4. The van der Waals surface area contributed by atoms with Crippen molar-refractivity contribution >= 4 is 18.0 Å². The van der Waals surface area contributed by atoms with Crippen LogP contribution in [0.3, 0.4) is 0 Å². The molecule has 1 aliphatic heterocycles. The van der Waals surface area contributed by atoms with Crippen LogP contribution in [-0.2, 0) is 4.79 Å². The summed E-state index contributed by atoms with van der Waals surface area (Å²) in [5.41, 5.74) is 4.66. The minimum absolute atomic E-state index is 0.127. The molecule has 1 heterocycles. The molecule has 1 atom stereocenters. The monoisotopic (exact) mass is 411 g/mol. The van der Waals surface area contributed by atoms with Crippen LogP contribution in [0.25, 0.3) is 0 Å². The van der Waals surface area contributed by atoms with Gasteiger partial charge in [0, 0.05) is 5.56 Å². The largest absolute Gasteiger partial charge is 0.496 e. The molecule has 0 fully saturated rings. The van der Waals surface area contributed by atoms with Gasteiger partial charge in [0.05, 0.1) is 13.3 Å². The number of ether oxygens (including phenoxy) is 3. The Morgan fingerprint density at radius 3 is 2.63 bits per heavy atom. The van der Waals surface area contributed by atoms with Gasteiger partial charge in [-0.1, -0.05) is 26.0 Å². The maximum absolute atomic E-state index is 12.6. The summed E-state index contributed by atoms with van der Waals surface area (Å²) in [4.78, 5) is 25.2. The fourth-order valence-corrected chi connectivity index (χ4v) is 2.95. The van der Waals surface area contributed by atoms with Gasteiger partial charge in [-0.2, -0.15) is 5.10 Å². The van der Waals surface area contributed by atoms with Gasteiger partial charge in [0.2, 0.25) is 6.79 Å². The van der Waals surface area contributed by atoms with E-state index in [1.807, 2.05) is 39.0 Å². The lowest BCUT2D eigenvalue weighted by Crippen LogP contribution is -2.48. The first kappa shape index (κ1) is 21.2. The molecule has 2 aromatic rings. The number of hydrogen-bond donors (Lipinski definition) is 2. The van der Waals surface area contributed by atoms with Crippen molar-refractivity contribution in [2.24, 2.45) is 11.0 Å². The summed E-state index contributed by atoms with van der Waals surface area (Å²) in [6.07, 6.45) is 1.52. The van der Waals surface area contributed by atoms with Gasteiger partial charge in [-0.05, 0) is 48.2 Å². The van der Waals surface area contributed by atoms with E-state index in [1.54, 1.807) is 25.3 Å². The number of aryl methyl sites for hydroxylation is 1. The van der Waals surface area contributed by atoms with Crippen LogP contribution >= 0.6 is 0 Å². The van der Waals surface area contributed by atoms with Crippen LogP contribution in [0.1, 0.15) is 35.3 Å². The number of carbonyl (C=O) groups excluding carboxylic acids is 2. The average molecular weight is 411 g/mol. The summed E-state index contributed by atoms with van der Waals surface area (Å²) in [6, 6.07) is 9.73. The van der Waals surface area contributed by atoms with E-state index in [4.69, 9.17) is 14.2 Å². The zero-order chi connectivity index (χ0) is 21.7. The van der Waals surface area contributed by atoms with E-state index in [9.17, 15) is 9.59 Å². The lowest BCUT2D eigenvalue weighted by atomic mass is 10.0. The van der Waals surface area contributed by atoms with Crippen molar-refractivity contribution in [2.75, 3.05) is 13.9 Å². The quantitative estimate of drug-likeness (QED) is 0.539. The van der Waals surface area contributed by atoms with Gasteiger partial charge in [-0.3, -0.25) is 9.59 Å². The molecule has 3 rings (SSSR count). The molecular formula is C22H25N3O5. The van der Waals surface area contributed by atoms with Crippen LogP contribution in [0, 0.1) is 12.8 Å². The Kier molecular flexibility index (Phi) is 6.56. The van der Waals surface area contributed by atoms with E-state index < -0.39 is 11.9 Å². The minimum Gasteiger partial charge on any atom is -0.496 e. The molecule has 8 heteroatoms. The van der Waals surface area contributed by atoms with Crippen molar-refractivity contribution in [3.8, 4) is 17.2 Å². The Labute approximate surface area is 175 Å². The summed E-state index contributed by atoms with van der Waals surface area (Å²) in [5.74, 6) is 0.904. The molecule has 0 spiro atoms. The van der Waals surface area contributed by atoms with E-state index in [2.05, 4.69) is 15.8 Å². The topological polar surface area (TPSA) is 98.2 Å². The van der Waals surface area contributed by atoms with Gasteiger partial charge in [-0.25, -0.2) is 5.43 Å². The van der Waals surface area contributed by atoms with E-state index in [0.29, 0.717) is 17.1 Å². The van der Waals surface area contributed by atoms with Crippen LogP contribution in [-0.4, -0.2) is 38.0 Å². The number of nitrogens with zero attached hydrogens (tertiary/aromatic N) is 1. The highest BCUT2D eigenvalue weighted by Gasteiger charge is 2.25. The molecule has 1 unspecified atom stereocenters. The molecular weight excluding hydrogens is 386 g/mol. The summed E-state index contributed by atoms with van der Waals surface area (Å²) in [6.45, 7) is 5.76. The highest BCUT2D eigenvalue weighted by atomic mass is 16.7. The van der Waals surface area contributed by atoms with Crippen LogP contribution < -0.4 is 25.0 Å². The molecule has 0 radical (unpaired) electrons. The summed E-state index contributed by atoms with van der Waals surface area (Å²) >= 11 is 0. The Hall–Kier alpha value is -3.55. The molecule has 2 N–H and O–H groups in total. The van der Waals surface area contributed by atoms with Crippen molar-refractivity contribution in [3.05, 3.63) is 53.1 Å². The highest BCUT2D eigenvalue weighted by molar-refractivity contribution is 5.98. The minimum atomic E-state index is -0.757. The average Bonchev–Trinajstić information content (AvgIpc) is 3.20. The predicted molar refractivity (Wildman–Crippen MR) is 112 cm³/mol. The smallest absolute Gasteiger partial charge is 0.262 e. The molecule has 2 aromatic carbocycles. The number of fused-ring (bicyclic) bond motifs is 1. The number of nitrogens with one attached hydrogen (secondary N) is 2. The number of rotatable bonds is 7. The first-order valence-electron chi connectivity index (χ1n) is 9.57. The Bertz CT molecular complexity index is 971. The fourth-order valence-electron chi connectivity index (χ4n) is 2.95. The van der Waals surface area contributed by atoms with Crippen LogP contribution in [0.15, 0.2) is 41.5 Å². The number of hydrogen-bond acceptors (Lipinski definition) is 6. The second kappa shape index (κ2) is 9.30. The van der Waals surface area contributed by atoms with Crippen molar-refractivity contribution in [2.45, 2.75) is 26.8 Å². The molecule has 30 heavy (non-hydrogen) atoms. The number of methoxy groups -OCH3 is 1. The van der Waals surface area contributed by atoms with Crippen LogP contribution in [0.4, 0.5) is 0 Å². The van der Waals surface area contributed by atoms with Gasteiger partial charge < -0.3 is 19.5 Å². The van der Waals surface area contributed by atoms with E-state index in [0.717, 1.165) is 16.9 Å². The maximum atomic E-state index is 12.6. The molecule has 0 aromatic heterocycles. The van der Waals surface area contributed by atoms with Crippen LogP contribution in [0.2, 0.25) is 0 Å². The van der Waals surface area contributed by atoms with Crippen molar-refractivity contribution in [1.82, 2.24) is 10.7 Å². The fraction of sp³-hybridized carbons (Fsp3) is 0.318. The molecule has 158 valence electrons. The molecule has 0 saturated heterocycles. The second-order valence-corrected chi connectivity index (χ2v) is 7.23. The van der Waals surface area contributed by atoms with Crippen molar-refractivity contribution in [1.29, 1.82) is 0 Å². The lowest BCUT2D eigenvalue weighted by Gasteiger charge is -2.20. The SMILES string of the molecule is COc1cc(C=NNC(=O)C(NC(=O)c2ccc3c(c2)OCO3)C(C)C)ccc1C. The van der Waals surface area contributed by atoms with Crippen molar-refractivity contribution < 1.29 is 23.8 Å². The van der Waals surface area contributed by atoms with Gasteiger partial charge in [0.15, 0.2) is 11.5 Å². The third-order valence-corrected chi connectivity index (χ3v) is 4.69. The number of hydrazone groups is 1. The molecule has 0 saturated carbocycles. The van der Waals surface area contributed by atoms with Crippen molar-refractivity contribution in [3.63, 3.8) is 0 Å². The van der Waals surface area contributed by atoms with E-state index >= 15 is 0 Å². The summed E-state index contributed by atoms with van der Waals surface area (Å²) in [7, 11) is 1.60. The number of amides is 2. The Balaban J connectivity index is 1.64. The first-order chi connectivity index (χ1) is 14.4. The van der Waals surface area contributed by atoms with Gasteiger partial charge in [0.1, 0.15) is 11.8 Å². The third kappa shape index (κ3) is 4.89. The lowest BCUT2D eigenvalue weighted by molar-refractivity contribution is -0.123. The third-order valence-electron chi connectivity index (χ3n) is 4.69. The molecule has 8 nitrogen and oxygen atoms in total. The Morgan fingerprint density at radius 1 is 1.13 bits per heavy atom. The number of carbonyl (C=O) groups is 2. The van der Waals surface area contributed by atoms with Crippen LogP contribution in [0.5, 0.6) is 17.2 Å².